The summed E-state index contributed by atoms with van der Waals surface area (Å²) in [5, 5.41) is 13.8. The molecule has 2 aromatic rings. The maximum Gasteiger partial charge on any atom is 0.274 e. The number of sulfonamides is 1. The number of carbonyl (C=O) groups is 1. The lowest BCUT2D eigenvalue weighted by Crippen LogP contribution is -2.41. The van der Waals surface area contributed by atoms with Crippen LogP contribution < -0.4 is 10.0 Å². The number of nitrogens with one attached hydrogen (secondary N) is 2. The molecule has 0 unspecified atom stereocenters. The molecule has 138 valence electrons. The van der Waals surface area contributed by atoms with E-state index >= 15 is 0 Å². The minimum absolute atomic E-state index is 0.0342. The number of carbonyl (C=O) groups excluding carboxylic acids is 1. The number of nitro groups is 1. The molecular formula is C16H16ClN3O5S. The van der Waals surface area contributed by atoms with E-state index in [0.29, 0.717) is 5.02 Å². The van der Waals surface area contributed by atoms with Crippen molar-refractivity contribution in [2.24, 2.45) is 0 Å². The van der Waals surface area contributed by atoms with Crippen LogP contribution in [0.2, 0.25) is 5.02 Å². The second-order valence-corrected chi connectivity index (χ2v) is 7.64. The van der Waals surface area contributed by atoms with Crippen LogP contribution >= 0.6 is 11.6 Å². The Hall–Kier alpha value is -2.49. The van der Waals surface area contributed by atoms with E-state index < -0.39 is 26.9 Å². The number of hydrogen-bond acceptors (Lipinski definition) is 5. The van der Waals surface area contributed by atoms with E-state index in [-0.39, 0.29) is 21.8 Å². The highest BCUT2D eigenvalue weighted by molar-refractivity contribution is 7.89. The summed E-state index contributed by atoms with van der Waals surface area (Å²) in [6.45, 7) is 2.87. The van der Waals surface area contributed by atoms with Gasteiger partial charge in [0.05, 0.1) is 27.1 Å². The molecule has 0 heterocycles. The van der Waals surface area contributed by atoms with Crippen LogP contribution in [0.25, 0.3) is 0 Å². The summed E-state index contributed by atoms with van der Waals surface area (Å²) in [4.78, 5) is 22.6. The second kappa shape index (κ2) is 7.81. The lowest BCUT2D eigenvalue weighted by Gasteiger charge is -2.15. The Balaban J connectivity index is 2.14. The Kier molecular flexibility index (Phi) is 5.96. The average molecular weight is 398 g/mol. The largest absolute Gasteiger partial charge is 0.324 e. The van der Waals surface area contributed by atoms with E-state index in [2.05, 4.69) is 10.0 Å². The number of nitro benzene ring substituents is 1. The van der Waals surface area contributed by atoms with Crippen molar-refractivity contribution in [1.29, 1.82) is 0 Å². The summed E-state index contributed by atoms with van der Waals surface area (Å²) in [7, 11) is -3.92. The highest BCUT2D eigenvalue weighted by Crippen LogP contribution is 2.25. The van der Waals surface area contributed by atoms with Gasteiger partial charge in [-0.2, -0.15) is 4.72 Å². The summed E-state index contributed by atoms with van der Waals surface area (Å²) >= 11 is 5.73. The maximum absolute atomic E-state index is 12.3. The van der Waals surface area contributed by atoms with Crippen LogP contribution in [-0.2, 0) is 14.8 Å². The molecule has 0 saturated carbocycles. The molecule has 2 aromatic carbocycles. The molecule has 0 spiro atoms. The van der Waals surface area contributed by atoms with Crippen LogP contribution in [0.3, 0.4) is 0 Å². The van der Waals surface area contributed by atoms with Crippen LogP contribution in [0.5, 0.6) is 0 Å². The van der Waals surface area contributed by atoms with E-state index in [0.717, 1.165) is 0 Å². The highest BCUT2D eigenvalue weighted by atomic mass is 35.5. The number of anilines is 1. The standard InChI is InChI=1S/C16H16ClN3O5S/c1-10-14(4-3-5-15(10)20(22)23)18-16(21)11(2)19-26(24,25)13-8-6-12(17)7-9-13/h3-9,11,19H,1-2H3,(H,18,21)/t11-/m1/s1. The molecule has 2 rings (SSSR count). The molecule has 0 aromatic heterocycles. The zero-order valence-corrected chi connectivity index (χ0v) is 15.5. The van der Waals surface area contributed by atoms with Gasteiger partial charge in [-0.15, -0.1) is 0 Å². The Labute approximate surface area is 155 Å². The quantitative estimate of drug-likeness (QED) is 0.573. The zero-order chi connectivity index (χ0) is 19.5. The zero-order valence-electron chi connectivity index (χ0n) is 13.9. The Bertz CT molecular complexity index is 945. The lowest BCUT2D eigenvalue weighted by atomic mass is 10.1. The van der Waals surface area contributed by atoms with Crippen molar-refractivity contribution in [3.63, 3.8) is 0 Å². The van der Waals surface area contributed by atoms with Crippen LogP contribution in [0.4, 0.5) is 11.4 Å². The fraction of sp³-hybridized carbons (Fsp3) is 0.188. The molecule has 10 heteroatoms. The van der Waals surface area contributed by atoms with E-state index in [1.54, 1.807) is 0 Å². The van der Waals surface area contributed by atoms with Crippen molar-refractivity contribution >= 4 is 38.9 Å². The monoisotopic (exact) mass is 397 g/mol. The van der Waals surface area contributed by atoms with Crippen molar-refractivity contribution in [2.75, 3.05) is 5.32 Å². The second-order valence-electron chi connectivity index (χ2n) is 5.49. The predicted octanol–water partition coefficient (Wildman–Crippen LogP) is 2.86. The molecule has 0 aliphatic carbocycles. The SMILES string of the molecule is Cc1c(NC(=O)[C@@H](C)NS(=O)(=O)c2ccc(Cl)cc2)cccc1[N+](=O)[O-]. The van der Waals surface area contributed by atoms with Gasteiger partial charge in [0.2, 0.25) is 15.9 Å². The Morgan fingerprint density at radius 3 is 2.38 bits per heavy atom. The van der Waals surface area contributed by atoms with Crippen molar-refractivity contribution in [1.82, 2.24) is 4.72 Å². The van der Waals surface area contributed by atoms with Crippen LogP contribution in [0.1, 0.15) is 12.5 Å². The molecule has 26 heavy (non-hydrogen) atoms. The minimum atomic E-state index is -3.92. The molecule has 0 aliphatic heterocycles. The third kappa shape index (κ3) is 4.57. The Morgan fingerprint density at radius 2 is 1.81 bits per heavy atom. The first kappa shape index (κ1) is 19.8. The molecule has 2 N–H and O–H groups in total. The smallest absolute Gasteiger partial charge is 0.274 e. The molecule has 0 aliphatic rings. The van der Waals surface area contributed by atoms with Gasteiger partial charge in [0, 0.05) is 11.1 Å². The van der Waals surface area contributed by atoms with Crippen molar-refractivity contribution in [3.8, 4) is 0 Å². The highest BCUT2D eigenvalue weighted by Gasteiger charge is 2.23. The first-order chi connectivity index (χ1) is 12.1. The minimum Gasteiger partial charge on any atom is -0.324 e. The van der Waals surface area contributed by atoms with E-state index in [4.69, 9.17) is 11.6 Å². The maximum atomic E-state index is 12.3. The molecular weight excluding hydrogens is 382 g/mol. The van der Waals surface area contributed by atoms with Gasteiger partial charge in [0.1, 0.15) is 0 Å². The molecule has 0 saturated heterocycles. The predicted molar refractivity (Wildman–Crippen MR) is 97.7 cm³/mol. The van der Waals surface area contributed by atoms with Gasteiger partial charge in [0.15, 0.2) is 0 Å². The third-order valence-corrected chi connectivity index (χ3v) is 5.42. The van der Waals surface area contributed by atoms with Gasteiger partial charge >= 0.3 is 0 Å². The Morgan fingerprint density at radius 1 is 1.19 bits per heavy atom. The number of nitrogens with zero attached hydrogens (tertiary/aromatic N) is 1. The summed E-state index contributed by atoms with van der Waals surface area (Å²) < 4.78 is 26.8. The number of rotatable bonds is 6. The summed E-state index contributed by atoms with van der Waals surface area (Å²) in [6.07, 6.45) is 0. The first-order valence-corrected chi connectivity index (χ1v) is 9.30. The molecule has 8 nitrogen and oxygen atoms in total. The lowest BCUT2D eigenvalue weighted by molar-refractivity contribution is -0.385. The van der Waals surface area contributed by atoms with Gasteiger partial charge in [-0.3, -0.25) is 14.9 Å². The van der Waals surface area contributed by atoms with Crippen molar-refractivity contribution in [2.45, 2.75) is 24.8 Å². The van der Waals surface area contributed by atoms with Gasteiger partial charge in [0.25, 0.3) is 5.69 Å². The van der Waals surface area contributed by atoms with Gasteiger partial charge in [-0.05, 0) is 44.2 Å². The summed E-state index contributed by atoms with van der Waals surface area (Å²) in [5.41, 5.74) is 0.373. The van der Waals surface area contributed by atoms with E-state index in [9.17, 15) is 23.3 Å². The van der Waals surface area contributed by atoms with Gasteiger partial charge < -0.3 is 5.32 Å². The molecule has 0 fully saturated rings. The average Bonchev–Trinajstić information content (AvgIpc) is 2.56. The number of amides is 1. The normalized spacial score (nSPS) is 12.4. The van der Waals surface area contributed by atoms with Crippen LogP contribution in [-0.4, -0.2) is 25.3 Å². The topological polar surface area (TPSA) is 118 Å². The fourth-order valence-corrected chi connectivity index (χ4v) is 3.49. The molecule has 0 bridgehead atoms. The molecule has 1 atom stereocenters. The number of hydrogen-bond donors (Lipinski definition) is 2. The van der Waals surface area contributed by atoms with Crippen LogP contribution in [0.15, 0.2) is 47.4 Å². The fourth-order valence-electron chi connectivity index (χ4n) is 2.17. The van der Waals surface area contributed by atoms with Crippen molar-refractivity contribution in [3.05, 3.63) is 63.2 Å². The van der Waals surface area contributed by atoms with Gasteiger partial charge in [-0.1, -0.05) is 17.7 Å². The van der Waals surface area contributed by atoms with Gasteiger partial charge in [-0.25, -0.2) is 8.42 Å². The number of halogens is 1. The summed E-state index contributed by atoms with van der Waals surface area (Å²) in [6, 6.07) is 8.64. The van der Waals surface area contributed by atoms with E-state index in [1.165, 1.54) is 56.3 Å². The summed E-state index contributed by atoms with van der Waals surface area (Å²) in [5.74, 6) is -0.647. The first-order valence-electron chi connectivity index (χ1n) is 7.44. The third-order valence-electron chi connectivity index (χ3n) is 3.61. The van der Waals surface area contributed by atoms with E-state index in [1.807, 2.05) is 0 Å². The van der Waals surface area contributed by atoms with Crippen molar-refractivity contribution < 1.29 is 18.1 Å². The molecule has 1 amide bonds. The van der Waals surface area contributed by atoms with Crippen LogP contribution in [0, 0.1) is 17.0 Å². The molecule has 0 radical (unpaired) electrons. The number of benzene rings is 2.